The van der Waals surface area contributed by atoms with E-state index >= 15 is 0 Å². The van der Waals surface area contributed by atoms with Crippen LogP contribution in [0, 0.1) is 0 Å². The van der Waals surface area contributed by atoms with Crippen molar-refractivity contribution in [1.29, 1.82) is 0 Å². The summed E-state index contributed by atoms with van der Waals surface area (Å²) in [5.74, 6) is 0. The molecule has 0 aromatic heterocycles. The summed E-state index contributed by atoms with van der Waals surface area (Å²) < 4.78 is 5.28. The Morgan fingerprint density at radius 3 is 2.81 bits per heavy atom. The quantitative estimate of drug-likeness (QED) is 0.633. The van der Waals surface area contributed by atoms with Crippen LogP contribution in [0.3, 0.4) is 0 Å². The highest BCUT2D eigenvalue weighted by atomic mass is 16.5. The number of hydrogen-bond acceptors (Lipinski definition) is 4. The van der Waals surface area contributed by atoms with Crippen molar-refractivity contribution in [2.24, 2.45) is 0 Å². The maximum Gasteiger partial charge on any atom is 0.0590 e. The summed E-state index contributed by atoms with van der Waals surface area (Å²) in [6.07, 6.45) is 0. The van der Waals surface area contributed by atoms with Crippen molar-refractivity contribution in [2.75, 3.05) is 59.5 Å². The lowest BCUT2D eigenvalue weighted by Gasteiger charge is -2.38. The minimum absolute atomic E-state index is 0.687. The van der Waals surface area contributed by atoms with Gasteiger partial charge in [0.15, 0.2) is 0 Å². The van der Waals surface area contributed by atoms with Gasteiger partial charge in [0.2, 0.25) is 0 Å². The van der Waals surface area contributed by atoms with Crippen molar-refractivity contribution in [3.05, 3.63) is 0 Å². The molecular formula is C12H27N3O. The molecule has 1 aliphatic rings. The first-order valence-electron chi connectivity index (χ1n) is 6.45. The van der Waals surface area contributed by atoms with Gasteiger partial charge in [0.25, 0.3) is 0 Å². The van der Waals surface area contributed by atoms with Gasteiger partial charge in [0.05, 0.1) is 6.61 Å². The monoisotopic (exact) mass is 229 g/mol. The Bertz CT molecular complexity index is 178. The predicted octanol–water partition coefficient (Wildman–Crippen LogP) is 0.248. The Labute approximate surface area is 99.9 Å². The largest absolute Gasteiger partial charge is 0.380 e. The molecule has 1 saturated heterocycles. The Kier molecular flexibility index (Phi) is 6.96. The van der Waals surface area contributed by atoms with E-state index < -0.39 is 0 Å². The molecule has 0 spiro atoms. The molecule has 96 valence electrons. The van der Waals surface area contributed by atoms with E-state index in [9.17, 15) is 0 Å². The average molecular weight is 229 g/mol. The third-order valence-electron chi connectivity index (χ3n) is 3.17. The third-order valence-corrected chi connectivity index (χ3v) is 3.17. The van der Waals surface area contributed by atoms with Crippen LogP contribution in [0.25, 0.3) is 0 Å². The second-order valence-electron chi connectivity index (χ2n) is 4.59. The first-order valence-corrected chi connectivity index (χ1v) is 6.45. The second kappa shape index (κ2) is 8.01. The summed E-state index contributed by atoms with van der Waals surface area (Å²) in [5, 5.41) is 3.42. The SMILES string of the molecule is CCOCCNCCN1CCN(C)CC1C. The molecule has 4 heteroatoms. The minimum Gasteiger partial charge on any atom is -0.380 e. The summed E-state index contributed by atoms with van der Waals surface area (Å²) in [7, 11) is 2.20. The average Bonchev–Trinajstić information content (AvgIpc) is 2.26. The molecular weight excluding hydrogens is 202 g/mol. The number of nitrogens with one attached hydrogen (secondary N) is 1. The van der Waals surface area contributed by atoms with Crippen molar-refractivity contribution in [3.8, 4) is 0 Å². The van der Waals surface area contributed by atoms with Crippen molar-refractivity contribution in [3.63, 3.8) is 0 Å². The van der Waals surface area contributed by atoms with Gasteiger partial charge in [0, 0.05) is 51.9 Å². The summed E-state index contributed by atoms with van der Waals surface area (Å²) in [6, 6.07) is 0.687. The van der Waals surface area contributed by atoms with Crippen LogP contribution in [0.2, 0.25) is 0 Å². The van der Waals surface area contributed by atoms with Crippen LogP contribution in [0.1, 0.15) is 13.8 Å². The lowest BCUT2D eigenvalue weighted by atomic mass is 10.2. The zero-order chi connectivity index (χ0) is 11.8. The number of nitrogens with zero attached hydrogens (tertiary/aromatic N) is 2. The summed E-state index contributed by atoms with van der Waals surface area (Å²) in [6.45, 7) is 12.8. The van der Waals surface area contributed by atoms with Gasteiger partial charge in [-0.25, -0.2) is 0 Å². The van der Waals surface area contributed by atoms with Crippen LogP contribution < -0.4 is 5.32 Å². The molecule has 0 radical (unpaired) electrons. The van der Waals surface area contributed by atoms with E-state index in [4.69, 9.17) is 4.74 Å². The van der Waals surface area contributed by atoms with E-state index in [2.05, 4.69) is 29.1 Å². The lowest BCUT2D eigenvalue weighted by Crippen LogP contribution is -2.52. The Morgan fingerprint density at radius 1 is 1.31 bits per heavy atom. The fraction of sp³-hybridized carbons (Fsp3) is 1.00. The molecule has 0 bridgehead atoms. The van der Waals surface area contributed by atoms with Crippen LogP contribution in [0.5, 0.6) is 0 Å². The molecule has 0 amide bonds. The fourth-order valence-corrected chi connectivity index (χ4v) is 2.15. The number of ether oxygens (including phenoxy) is 1. The third kappa shape index (κ3) is 5.25. The molecule has 0 aromatic carbocycles. The highest BCUT2D eigenvalue weighted by Gasteiger charge is 2.20. The highest BCUT2D eigenvalue weighted by molar-refractivity contribution is 4.77. The van der Waals surface area contributed by atoms with E-state index in [1.807, 2.05) is 6.92 Å². The van der Waals surface area contributed by atoms with Crippen LogP contribution in [0.15, 0.2) is 0 Å². The van der Waals surface area contributed by atoms with Crippen molar-refractivity contribution >= 4 is 0 Å². The van der Waals surface area contributed by atoms with Gasteiger partial charge in [0.1, 0.15) is 0 Å². The van der Waals surface area contributed by atoms with Crippen LogP contribution in [-0.4, -0.2) is 75.4 Å². The molecule has 1 N–H and O–H groups in total. The van der Waals surface area contributed by atoms with Gasteiger partial charge in [-0.15, -0.1) is 0 Å². The van der Waals surface area contributed by atoms with Crippen molar-refractivity contribution in [2.45, 2.75) is 19.9 Å². The summed E-state index contributed by atoms with van der Waals surface area (Å²) in [5.41, 5.74) is 0. The van der Waals surface area contributed by atoms with E-state index in [1.54, 1.807) is 0 Å². The zero-order valence-electron chi connectivity index (χ0n) is 11.0. The molecule has 1 unspecified atom stereocenters. The molecule has 16 heavy (non-hydrogen) atoms. The zero-order valence-corrected chi connectivity index (χ0v) is 11.0. The number of hydrogen-bond donors (Lipinski definition) is 1. The van der Waals surface area contributed by atoms with Crippen LogP contribution in [-0.2, 0) is 4.74 Å². The highest BCUT2D eigenvalue weighted by Crippen LogP contribution is 2.06. The normalized spacial score (nSPS) is 23.8. The molecule has 1 atom stereocenters. The summed E-state index contributed by atoms with van der Waals surface area (Å²) in [4.78, 5) is 4.97. The minimum atomic E-state index is 0.687. The molecule has 1 rings (SSSR count). The van der Waals surface area contributed by atoms with Crippen LogP contribution >= 0.6 is 0 Å². The molecule has 1 aliphatic heterocycles. The van der Waals surface area contributed by atoms with E-state index in [0.717, 1.165) is 32.8 Å². The molecule has 0 saturated carbocycles. The molecule has 1 fully saturated rings. The Morgan fingerprint density at radius 2 is 2.12 bits per heavy atom. The number of piperazine rings is 1. The van der Waals surface area contributed by atoms with E-state index in [-0.39, 0.29) is 0 Å². The fourth-order valence-electron chi connectivity index (χ4n) is 2.15. The van der Waals surface area contributed by atoms with Crippen molar-refractivity contribution < 1.29 is 4.74 Å². The smallest absolute Gasteiger partial charge is 0.0590 e. The Hall–Kier alpha value is -0.160. The van der Waals surface area contributed by atoms with Crippen LogP contribution in [0.4, 0.5) is 0 Å². The molecule has 4 nitrogen and oxygen atoms in total. The molecule has 0 aliphatic carbocycles. The van der Waals surface area contributed by atoms with Gasteiger partial charge >= 0.3 is 0 Å². The standard InChI is InChI=1S/C12H27N3O/c1-4-16-10-6-13-5-7-15-9-8-14(3)11-12(15)2/h12-13H,4-11H2,1-3H3. The molecule has 1 heterocycles. The predicted molar refractivity (Wildman–Crippen MR) is 67.9 cm³/mol. The van der Waals surface area contributed by atoms with Gasteiger partial charge in [-0.2, -0.15) is 0 Å². The number of likely N-dealkylation sites (N-methyl/N-ethyl adjacent to an activating group) is 1. The number of rotatable bonds is 7. The van der Waals surface area contributed by atoms with Gasteiger partial charge in [-0.05, 0) is 20.9 Å². The molecule has 0 aromatic rings. The summed E-state index contributed by atoms with van der Waals surface area (Å²) >= 11 is 0. The maximum absolute atomic E-state index is 5.28. The Balaban J connectivity index is 2.00. The van der Waals surface area contributed by atoms with E-state index in [1.165, 1.54) is 19.6 Å². The van der Waals surface area contributed by atoms with Gasteiger partial charge < -0.3 is 15.0 Å². The first kappa shape index (κ1) is 13.9. The van der Waals surface area contributed by atoms with Crippen molar-refractivity contribution in [1.82, 2.24) is 15.1 Å². The second-order valence-corrected chi connectivity index (χ2v) is 4.59. The topological polar surface area (TPSA) is 27.7 Å². The first-order chi connectivity index (χ1) is 7.74. The van der Waals surface area contributed by atoms with Gasteiger partial charge in [-0.3, -0.25) is 4.90 Å². The van der Waals surface area contributed by atoms with Gasteiger partial charge in [-0.1, -0.05) is 0 Å². The maximum atomic E-state index is 5.28. The van der Waals surface area contributed by atoms with E-state index in [0.29, 0.717) is 6.04 Å². The lowest BCUT2D eigenvalue weighted by molar-refractivity contribution is 0.0993.